The molecule has 0 fully saturated rings. The maximum Gasteiger partial charge on any atom is 0.358 e. The maximum atomic E-state index is 13.7. The minimum atomic E-state index is -0.573. The van der Waals surface area contributed by atoms with Crippen molar-refractivity contribution in [1.29, 1.82) is 0 Å². The highest BCUT2D eigenvalue weighted by Crippen LogP contribution is 2.38. The number of ether oxygens (including phenoxy) is 2. The molecule has 0 saturated heterocycles. The lowest BCUT2D eigenvalue weighted by molar-refractivity contribution is 0.0495. The number of carbonyl (C=O) groups excluding carboxylic acids is 2. The van der Waals surface area contributed by atoms with Crippen LogP contribution in [0.3, 0.4) is 0 Å². The van der Waals surface area contributed by atoms with Crippen LogP contribution in [0.15, 0.2) is 36.4 Å². The number of rotatable bonds is 8. The van der Waals surface area contributed by atoms with E-state index in [0.29, 0.717) is 32.9 Å². The van der Waals surface area contributed by atoms with Crippen molar-refractivity contribution in [3.63, 3.8) is 0 Å². The third-order valence-corrected chi connectivity index (χ3v) is 6.73. The number of carbonyl (C=O) groups is 2. The van der Waals surface area contributed by atoms with Crippen LogP contribution in [0.1, 0.15) is 46.5 Å². The van der Waals surface area contributed by atoms with Gasteiger partial charge in [-0.2, -0.15) is 0 Å². The molecule has 7 nitrogen and oxygen atoms in total. The summed E-state index contributed by atoms with van der Waals surface area (Å²) >= 11 is 19.7. The van der Waals surface area contributed by atoms with Crippen molar-refractivity contribution in [1.82, 2.24) is 10.3 Å². The van der Waals surface area contributed by atoms with Crippen LogP contribution in [-0.4, -0.2) is 42.7 Å². The Hall–Kier alpha value is -2.36. The number of anilines is 2. The first-order valence-corrected chi connectivity index (χ1v) is 12.9. The van der Waals surface area contributed by atoms with Crippen LogP contribution in [0.4, 0.5) is 10.8 Å². The zero-order valence-electron chi connectivity index (χ0n) is 20.4. The number of thiazole rings is 1. The minimum absolute atomic E-state index is 0.0977. The molecular weight excluding hydrogens is 545 g/mol. The van der Waals surface area contributed by atoms with Crippen molar-refractivity contribution in [2.75, 3.05) is 25.2 Å². The van der Waals surface area contributed by atoms with Gasteiger partial charge in [0, 0.05) is 28.0 Å². The smallest absolute Gasteiger partial charge is 0.358 e. The van der Waals surface area contributed by atoms with E-state index in [-0.39, 0.29) is 33.6 Å². The molecule has 1 N–H and O–H groups in total. The SMILES string of the molecule is COc1cc(N(C(=O)c2ccc(Cl)cc2Cl)c2nc(C(=O)OCCNC(C)(C)C)c(C)s2)ccc1Cl. The Kier molecular flexibility index (Phi) is 9.24. The predicted molar refractivity (Wildman–Crippen MR) is 146 cm³/mol. The zero-order chi connectivity index (χ0) is 26.6. The van der Waals surface area contributed by atoms with Crippen molar-refractivity contribution < 1.29 is 19.1 Å². The van der Waals surface area contributed by atoms with E-state index in [9.17, 15) is 9.59 Å². The zero-order valence-corrected chi connectivity index (χ0v) is 23.5. The average Bonchev–Trinajstić information content (AvgIpc) is 3.18. The summed E-state index contributed by atoms with van der Waals surface area (Å²) in [4.78, 5) is 32.9. The van der Waals surface area contributed by atoms with Crippen LogP contribution in [0, 0.1) is 6.92 Å². The molecule has 0 spiro atoms. The van der Waals surface area contributed by atoms with E-state index in [4.69, 9.17) is 44.3 Å². The van der Waals surface area contributed by atoms with Crippen LogP contribution in [0.25, 0.3) is 0 Å². The van der Waals surface area contributed by atoms with Gasteiger partial charge in [-0.3, -0.25) is 9.69 Å². The van der Waals surface area contributed by atoms with Crippen molar-refractivity contribution in [2.24, 2.45) is 0 Å². The van der Waals surface area contributed by atoms with E-state index in [1.807, 2.05) is 20.8 Å². The largest absolute Gasteiger partial charge is 0.495 e. The van der Waals surface area contributed by atoms with Gasteiger partial charge in [-0.15, -0.1) is 11.3 Å². The summed E-state index contributed by atoms with van der Waals surface area (Å²) < 4.78 is 10.7. The number of hydrogen-bond acceptors (Lipinski definition) is 7. The highest BCUT2D eigenvalue weighted by Gasteiger charge is 2.28. The van der Waals surface area contributed by atoms with Crippen LogP contribution < -0.4 is 15.0 Å². The third kappa shape index (κ3) is 6.89. The number of benzene rings is 2. The van der Waals surface area contributed by atoms with Gasteiger partial charge in [-0.25, -0.2) is 9.78 Å². The van der Waals surface area contributed by atoms with Crippen LogP contribution in [-0.2, 0) is 4.74 Å². The maximum absolute atomic E-state index is 13.7. The number of nitrogens with one attached hydrogen (secondary N) is 1. The Bertz CT molecular complexity index is 1270. The molecule has 36 heavy (non-hydrogen) atoms. The molecular formula is C25H26Cl3N3O4S. The summed E-state index contributed by atoms with van der Waals surface area (Å²) in [7, 11) is 1.48. The van der Waals surface area contributed by atoms with Crippen molar-refractivity contribution in [3.8, 4) is 5.75 Å². The normalized spacial score (nSPS) is 11.3. The second-order valence-electron chi connectivity index (χ2n) is 8.80. The molecule has 0 atom stereocenters. The summed E-state index contributed by atoms with van der Waals surface area (Å²) in [6.07, 6.45) is 0. The van der Waals surface area contributed by atoms with E-state index in [1.54, 1.807) is 31.2 Å². The molecule has 0 aliphatic heterocycles. The molecule has 11 heteroatoms. The summed E-state index contributed by atoms with van der Waals surface area (Å²) in [5, 5.41) is 4.46. The first-order chi connectivity index (χ1) is 16.9. The molecule has 1 amide bonds. The molecule has 1 heterocycles. The standard InChI is InChI=1S/C25H26Cl3N3O4S/c1-14-21(23(33)35-11-10-29-25(2,3)4)30-24(36-14)31(16-7-9-18(27)20(13-16)34-5)22(32)17-8-6-15(26)12-19(17)28/h6-9,12-13,29H,10-11H2,1-5H3. The lowest BCUT2D eigenvalue weighted by atomic mass is 10.1. The van der Waals surface area contributed by atoms with Crippen LogP contribution in [0.5, 0.6) is 5.75 Å². The van der Waals surface area contributed by atoms with Gasteiger partial charge in [0.05, 0.1) is 28.4 Å². The van der Waals surface area contributed by atoms with E-state index in [1.165, 1.54) is 35.5 Å². The number of nitrogens with zero attached hydrogens (tertiary/aromatic N) is 2. The first kappa shape index (κ1) is 28.2. The Morgan fingerprint density at radius 1 is 1.08 bits per heavy atom. The fourth-order valence-electron chi connectivity index (χ4n) is 3.19. The summed E-state index contributed by atoms with van der Waals surface area (Å²) in [6.45, 7) is 8.49. The van der Waals surface area contributed by atoms with E-state index < -0.39 is 11.9 Å². The lowest BCUT2D eigenvalue weighted by Gasteiger charge is -2.21. The van der Waals surface area contributed by atoms with Gasteiger partial charge in [0.15, 0.2) is 10.8 Å². The molecule has 0 aliphatic rings. The second kappa shape index (κ2) is 11.8. The number of hydrogen-bond donors (Lipinski definition) is 1. The van der Waals surface area contributed by atoms with Gasteiger partial charge < -0.3 is 14.8 Å². The number of amides is 1. The highest BCUT2D eigenvalue weighted by atomic mass is 35.5. The lowest BCUT2D eigenvalue weighted by Crippen LogP contribution is -2.38. The summed E-state index contributed by atoms with van der Waals surface area (Å²) in [5.74, 6) is -0.672. The number of aromatic nitrogens is 1. The van der Waals surface area contributed by atoms with Gasteiger partial charge in [0.1, 0.15) is 12.4 Å². The predicted octanol–water partition coefficient (Wildman–Crippen LogP) is 6.94. The molecule has 0 aliphatic carbocycles. The highest BCUT2D eigenvalue weighted by molar-refractivity contribution is 7.16. The molecule has 0 radical (unpaired) electrons. The minimum Gasteiger partial charge on any atom is -0.495 e. The van der Waals surface area contributed by atoms with Gasteiger partial charge in [0.2, 0.25) is 0 Å². The quantitative estimate of drug-likeness (QED) is 0.233. The Balaban J connectivity index is 1.98. The van der Waals surface area contributed by atoms with Crippen molar-refractivity contribution >= 4 is 68.8 Å². The number of halogens is 3. The topological polar surface area (TPSA) is 80.8 Å². The fourth-order valence-corrected chi connectivity index (χ4v) is 4.79. The molecule has 1 aromatic heterocycles. The van der Waals surface area contributed by atoms with Crippen LogP contribution >= 0.6 is 46.1 Å². The molecule has 0 saturated carbocycles. The number of esters is 1. The molecule has 192 valence electrons. The first-order valence-electron chi connectivity index (χ1n) is 10.9. The number of aryl methyl sites for hydroxylation is 1. The summed E-state index contributed by atoms with van der Waals surface area (Å²) in [6, 6.07) is 9.46. The Morgan fingerprint density at radius 2 is 1.81 bits per heavy atom. The number of methoxy groups -OCH3 is 1. The monoisotopic (exact) mass is 569 g/mol. The Labute approximate surface area is 229 Å². The molecule has 3 aromatic rings. The Morgan fingerprint density at radius 3 is 2.44 bits per heavy atom. The summed E-state index contributed by atoms with van der Waals surface area (Å²) in [5.41, 5.74) is 0.668. The van der Waals surface area contributed by atoms with Gasteiger partial charge in [-0.1, -0.05) is 34.8 Å². The van der Waals surface area contributed by atoms with Crippen LogP contribution in [0.2, 0.25) is 15.1 Å². The van der Waals surface area contributed by atoms with Crippen molar-refractivity contribution in [3.05, 3.63) is 67.6 Å². The second-order valence-corrected chi connectivity index (χ2v) is 11.2. The molecule has 0 unspecified atom stereocenters. The van der Waals surface area contributed by atoms with Gasteiger partial charge >= 0.3 is 5.97 Å². The molecule has 2 aromatic carbocycles. The fraction of sp³-hybridized carbons (Fsp3) is 0.320. The van der Waals surface area contributed by atoms with E-state index >= 15 is 0 Å². The molecule has 3 rings (SSSR count). The third-order valence-electron chi connectivity index (χ3n) is 4.92. The van der Waals surface area contributed by atoms with Crippen molar-refractivity contribution in [2.45, 2.75) is 33.2 Å². The van der Waals surface area contributed by atoms with Gasteiger partial charge in [0.25, 0.3) is 5.91 Å². The molecule has 0 bridgehead atoms. The van der Waals surface area contributed by atoms with Gasteiger partial charge in [-0.05, 0) is 58.0 Å². The van der Waals surface area contributed by atoms with E-state index in [2.05, 4.69) is 10.3 Å². The average molecular weight is 571 g/mol. The van der Waals surface area contributed by atoms with E-state index in [0.717, 1.165) is 0 Å².